The van der Waals surface area contributed by atoms with E-state index in [1.807, 2.05) is 0 Å². The van der Waals surface area contributed by atoms with Gasteiger partial charge in [-0.25, -0.2) is 0 Å². The summed E-state index contributed by atoms with van der Waals surface area (Å²) in [6, 6.07) is 0. The Morgan fingerprint density at radius 3 is 2.42 bits per heavy atom. The fourth-order valence-corrected chi connectivity index (χ4v) is 1.19. The topological polar surface area (TPSA) is 15.3 Å². The summed E-state index contributed by atoms with van der Waals surface area (Å²) in [5, 5.41) is 3.33. The first-order valence-electron chi connectivity index (χ1n) is 5.20. The molecule has 0 rings (SSSR count). The highest BCUT2D eigenvalue weighted by Crippen LogP contribution is 1.95. The molecule has 2 nitrogen and oxygen atoms in total. The quantitative estimate of drug-likeness (QED) is 0.561. The lowest BCUT2D eigenvalue weighted by atomic mass is 10.2. The van der Waals surface area contributed by atoms with Gasteiger partial charge in [0.15, 0.2) is 0 Å². The van der Waals surface area contributed by atoms with Gasteiger partial charge in [0, 0.05) is 13.1 Å². The molecule has 0 aromatic heterocycles. The van der Waals surface area contributed by atoms with Gasteiger partial charge in [0.1, 0.15) is 0 Å². The minimum atomic E-state index is 1.09. The van der Waals surface area contributed by atoms with Gasteiger partial charge in [0.2, 0.25) is 0 Å². The van der Waals surface area contributed by atoms with Crippen molar-refractivity contribution in [2.24, 2.45) is 0 Å². The summed E-state index contributed by atoms with van der Waals surface area (Å²) in [5.41, 5.74) is 0. The maximum Gasteiger partial charge on any atom is 0.0104 e. The van der Waals surface area contributed by atoms with E-state index in [-0.39, 0.29) is 0 Å². The SMILES string of the molecule is CCCCCN(C)CCNCC. The first kappa shape index (κ1) is 11.9. The van der Waals surface area contributed by atoms with Crippen molar-refractivity contribution >= 4 is 0 Å². The lowest BCUT2D eigenvalue weighted by Gasteiger charge is -2.15. The minimum absolute atomic E-state index is 1.09. The van der Waals surface area contributed by atoms with E-state index < -0.39 is 0 Å². The third-order valence-corrected chi connectivity index (χ3v) is 2.06. The summed E-state index contributed by atoms with van der Waals surface area (Å²) in [5.74, 6) is 0. The predicted octanol–water partition coefficient (Wildman–Crippen LogP) is 1.72. The molecule has 2 heteroatoms. The molecular formula is C10H24N2. The van der Waals surface area contributed by atoms with Crippen molar-refractivity contribution in [3.05, 3.63) is 0 Å². The van der Waals surface area contributed by atoms with E-state index in [0.717, 1.165) is 13.1 Å². The van der Waals surface area contributed by atoms with Gasteiger partial charge in [-0.15, -0.1) is 0 Å². The van der Waals surface area contributed by atoms with Crippen LogP contribution in [0.1, 0.15) is 33.1 Å². The average Bonchev–Trinajstić information content (AvgIpc) is 2.06. The summed E-state index contributed by atoms with van der Waals surface area (Å²) in [4.78, 5) is 2.40. The molecule has 1 N–H and O–H groups in total. The van der Waals surface area contributed by atoms with Crippen molar-refractivity contribution in [1.82, 2.24) is 10.2 Å². The van der Waals surface area contributed by atoms with Gasteiger partial charge in [-0.2, -0.15) is 0 Å². The third-order valence-electron chi connectivity index (χ3n) is 2.06. The predicted molar refractivity (Wildman–Crippen MR) is 55.6 cm³/mol. The number of rotatable bonds is 8. The molecule has 74 valence electrons. The van der Waals surface area contributed by atoms with Gasteiger partial charge in [-0.05, 0) is 26.6 Å². The fourth-order valence-electron chi connectivity index (χ4n) is 1.19. The summed E-state index contributed by atoms with van der Waals surface area (Å²) in [6.45, 7) is 9.04. The van der Waals surface area contributed by atoms with Crippen molar-refractivity contribution in [3.8, 4) is 0 Å². The standard InChI is InChI=1S/C10H24N2/c1-4-6-7-9-12(3)10-8-11-5-2/h11H,4-10H2,1-3H3. The molecule has 0 aromatic carbocycles. The molecular weight excluding hydrogens is 148 g/mol. The molecule has 0 unspecified atom stereocenters. The second-order valence-electron chi connectivity index (χ2n) is 3.36. The fraction of sp³-hybridized carbons (Fsp3) is 1.00. The Morgan fingerprint density at radius 2 is 1.83 bits per heavy atom. The molecule has 0 saturated carbocycles. The highest BCUT2D eigenvalue weighted by molar-refractivity contribution is 4.53. The molecule has 0 aromatic rings. The number of hydrogen-bond donors (Lipinski definition) is 1. The van der Waals surface area contributed by atoms with E-state index in [9.17, 15) is 0 Å². The van der Waals surface area contributed by atoms with Gasteiger partial charge >= 0.3 is 0 Å². The molecule has 0 aliphatic carbocycles. The maximum absolute atomic E-state index is 3.33. The van der Waals surface area contributed by atoms with Crippen LogP contribution in [0.15, 0.2) is 0 Å². The highest BCUT2D eigenvalue weighted by atomic mass is 15.1. The van der Waals surface area contributed by atoms with Gasteiger partial charge < -0.3 is 10.2 Å². The molecule has 0 spiro atoms. The molecule has 0 aliphatic rings. The summed E-state index contributed by atoms with van der Waals surface area (Å²) >= 11 is 0. The maximum atomic E-state index is 3.33. The largest absolute Gasteiger partial charge is 0.316 e. The molecule has 0 bridgehead atoms. The Hall–Kier alpha value is -0.0800. The smallest absolute Gasteiger partial charge is 0.0104 e. The minimum Gasteiger partial charge on any atom is -0.316 e. The zero-order valence-corrected chi connectivity index (χ0v) is 8.90. The molecule has 12 heavy (non-hydrogen) atoms. The van der Waals surface area contributed by atoms with Crippen molar-refractivity contribution in [2.75, 3.05) is 33.2 Å². The van der Waals surface area contributed by atoms with Crippen molar-refractivity contribution in [3.63, 3.8) is 0 Å². The van der Waals surface area contributed by atoms with E-state index >= 15 is 0 Å². The number of unbranched alkanes of at least 4 members (excludes halogenated alkanes) is 2. The highest BCUT2D eigenvalue weighted by Gasteiger charge is 1.95. The second kappa shape index (κ2) is 9.01. The van der Waals surface area contributed by atoms with E-state index in [0.29, 0.717) is 0 Å². The summed E-state index contributed by atoms with van der Waals surface area (Å²) in [6.07, 6.45) is 4.03. The van der Waals surface area contributed by atoms with Gasteiger partial charge in [-0.3, -0.25) is 0 Å². The van der Waals surface area contributed by atoms with Crippen LogP contribution < -0.4 is 5.32 Å². The first-order chi connectivity index (χ1) is 5.81. The Bertz CT molecular complexity index is 73.9. The number of nitrogens with zero attached hydrogens (tertiary/aromatic N) is 1. The third kappa shape index (κ3) is 8.02. The summed E-state index contributed by atoms with van der Waals surface area (Å²) < 4.78 is 0. The molecule has 0 radical (unpaired) electrons. The Morgan fingerprint density at radius 1 is 1.08 bits per heavy atom. The van der Waals surface area contributed by atoms with Gasteiger partial charge in [-0.1, -0.05) is 26.7 Å². The van der Waals surface area contributed by atoms with Crippen LogP contribution in [0.4, 0.5) is 0 Å². The zero-order chi connectivity index (χ0) is 9.23. The van der Waals surface area contributed by atoms with Gasteiger partial charge in [0.05, 0.1) is 0 Å². The van der Waals surface area contributed by atoms with Crippen LogP contribution in [0, 0.1) is 0 Å². The Kier molecular flexibility index (Phi) is 8.95. The average molecular weight is 172 g/mol. The number of likely N-dealkylation sites (N-methyl/N-ethyl adjacent to an activating group) is 2. The zero-order valence-electron chi connectivity index (χ0n) is 8.90. The van der Waals surface area contributed by atoms with Crippen molar-refractivity contribution in [1.29, 1.82) is 0 Å². The van der Waals surface area contributed by atoms with Crippen LogP contribution in [0.5, 0.6) is 0 Å². The van der Waals surface area contributed by atoms with Crippen LogP contribution in [0.2, 0.25) is 0 Å². The van der Waals surface area contributed by atoms with Crippen molar-refractivity contribution < 1.29 is 0 Å². The molecule has 0 heterocycles. The van der Waals surface area contributed by atoms with Crippen LogP contribution in [0.3, 0.4) is 0 Å². The van der Waals surface area contributed by atoms with Crippen LogP contribution in [-0.4, -0.2) is 38.1 Å². The lowest BCUT2D eigenvalue weighted by Crippen LogP contribution is -2.29. The Labute approximate surface area is 77.3 Å². The molecule has 0 aliphatic heterocycles. The van der Waals surface area contributed by atoms with Crippen LogP contribution >= 0.6 is 0 Å². The van der Waals surface area contributed by atoms with E-state index in [4.69, 9.17) is 0 Å². The van der Waals surface area contributed by atoms with Crippen LogP contribution in [0.25, 0.3) is 0 Å². The number of hydrogen-bond acceptors (Lipinski definition) is 2. The molecule has 0 saturated heterocycles. The van der Waals surface area contributed by atoms with E-state index in [1.54, 1.807) is 0 Å². The van der Waals surface area contributed by atoms with Crippen LogP contribution in [-0.2, 0) is 0 Å². The summed E-state index contributed by atoms with van der Waals surface area (Å²) in [7, 11) is 2.20. The van der Waals surface area contributed by atoms with E-state index in [1.165, 1.54) is 32.4 Å². The second-order valence-corrected chi connectivity index (χ2v) is 3.36. The number of nitrogens with one attached hydrogen (secondary N) is 1. The van der Waals surface area contributed by atoms with E-state index in [2.05, 4.69) is 31.1 Å². The normalized spacial score (nSPS) is 11.0. The lowest BCUT2D eigenvalue weighted by molar-refractivity contribution is 0.324. The molecule has 0 amide bonds. The Balaban J connectivity index is 3.04. The van der Waals surface area contributed by atoms with Crippen molar-refractivity contribution in [2.45, 2.75) is 33.1 Å². The monoisotopic (exact) mass is 172 g/mol. The van der Waals surface area contributed by atoms with Gasteiger partial charge in [0.25, 0.3) is 0 Å². The molecule has 0 atom stereocenters. The molecule has 0 fully saturated rings. The first-order valence-corrected chi connectivity index (χ1v) is 5.20.